The normalized spacial score (nSPS) is 7.26. The standard InChI is InChI=1S/C5H8O3.C4H6O2.C3H4O2/c1-2-5(7)8-4-3-6;1-3-4(5)6-2;1-2-3(4)5/h2,6H,1,3-4H2;3H,1H2,2H3;2H,1H2,(H,4,5). The zero-order valence-corrected chi connectivity index (χ0v) is 10.7. The third-order valence-corrected chi connectivity index (χ3v) is 1.04. The molecule has 0 bridgehead atoms. The quantitative estimate of drug-likeness (QED) is 0.548. The van der Waals surface area contributed by atoms with Gasteiger partial charge in [0.2, 0.25) is 0 Å². The van der Waals surface area contributed by atoms with E-state index in [0.29, 0.717) is 0 Å². The van der Waals surface area contributed by atoms with Crippen molar-refractivity contribution in [3.63, 3.8) is 0 Å². The van der Waals surface area contributed by atoms with Crippen molar-refractivity contribution in [3.05, 3.63) is 38.0 Å². The summed E-state index contributed by atoms with van der Waals surface area (Å²) in [5, 5.41) is 15.7. The van der Waals surface area contributed by atoms with Crippen LogP contribution in [0.15, 0.2) is 38.0 Å². The Labute approximate surface area is 111 Å². The lowest BCUT2D eigenvalue weighted by atomic mass is 10.6. The van der Waals surface area contributed by atoms with Gasteiger partial charge >= 0.3 is 17.9 Å². The van der Waals surface area contributed by atoms with E-state index in [1.54, 1.807) is 0 Å². The smallest absolute Gasteiger partial charge is 0.330 e. The first-order chi connectivity index (χ1) is 8.89. The maximum Gasteiger partial charge on any atom is 0.330 e. The van der Waals surface area contributed by atoms with E-state index in [2.05, 4.69) is 29.2 Å². The first-order valence-electron chi connectivity index (χ1n) is 4.85. The molecular weight excluding hydrogens is 256 g/mol. The molecule has 0 fully saturated rings. The molecular formula is C12H18O7. The van der Waals surface area contributed by atoms with Crippen LogP contribution in [-0.4, -0.2) is 48.4 Å². The second-order valence-electron chi connectivity index (χ2n) is 2.36. The van der Waals surface area contributed by atoms with Crippen LogP contribution >= 0.6 is 0 Å². The topological polar surface area (TPSA) is 110 Å². The average molecular weight is 274 g/mol. The van der Waals surface area contributed by atoms with Gasteiger partial charge in [-0.05, 0) is 0 Å². The summed E-state index contributed by atoms with van der Waals surface area (Å²) in [5.74, 6) is -1.88. The maximum absolute atomic E-state index is 10.1. The Kier molecular flexibility index (Phi) is 20.6. The van der Waals surface area contributed by atoms with Crippen LogP contribution in [0.2, 0.25) is 0 Å². The summed E-state index contributed by atoms with van der Waals surface area (Å²) in [7, 11) is 1.31. The van der Waals surface area contributed by atoms with Gasteiger partial charge in [0.05, 0.1) is 13.7 Å². The Bertz CT molecular complexity index is 307. The van der Waals surface area contributed by atoms with Crippen molar-refractivity contribution in [3.8, 4) is 0 Å². The van der Waals surface area contributed by atoms with Crippen molar-refractivity contribution in [2.75, 3.05) is 20.3 Å². The van der Waals surface area contributed by atoms with Crippen molar-refractivity contribution in [1.82, 2.24) is 0 Å². The number of aliphatic hydroxyl groups is 1. The minimum atomic E-state index is -0.981. The number of esters is 2. The van der Waals surface area contributed by atoms with Gasteiger partial charge in [-0.2, -0.15) is 0 Å². The van der Waals surface area contributed by atoms with E-state index in [9.17, 15) is 14.4 Å². The van der Waals surface area contributed by atoms with Crippen LogP contribution in [0.25, 0.3) is 0 Å². The predicted molar refractivity (Wildman–Crippen MR) is 68.3 cm³/mol. The van der Waals surface area contributed by atoms with Crippen LogP contribution < -0.4 is 0 Å². The molecule has 0 aliphatic carbocycles. The maximum atomic E-state index is 10.1. The van der Waals surface area contributed by atoms with Crippen molar-refractivity contribution >= 4 is 17.9 Å². The number of carboxylic acids is 1. The van der Waals surface area contributed by atoms with E-state index in [1.165, 1.54) is 7.11 Å². The number of aliphatic hydroxyl groups excluding tert-OH is 1. The van der Waals surface area contributed by atoms with Crippen LogP contribution in [0.3, 0.4) is 0 Å². The monoisotopic (exact) mass is 274 g/mol. The molecule has 0 aromatic carbocycles. The van der Waals surface area contributed by atoms with Crippen LogP contribution in [0.5, 0.6) is 0 Å². The summed E-state index contributed by atoms with van der Waals surface area (Å²) < 4.78 is 8.48. The van der Waals surface area contributed by atoms with E-state index in [0.717, 1.165) is 18.2 Å². The summed E-state index contributed by atoms with van der Waals surface area (Å²) in [6, 6.07) is 0. The molecule has 7 nitrogen and oxygen atoms in total. The Morgan fingerprint density at radius 2 is 1.47 bits per heavy atom. The third kappa shape index (κ3) is 31.3. The predicted octanol–water partition coefficient (Wildman–Crippen LogP) is 0.310. The lowest BCUT2D eigenvalue weighted by molar-refractivity contribution is -0.138. The molecule has 0 aromatic rings. The highest BCUT2D eigenvalue weighted by Crippen LogP contribution is 1.75. The van der Waals surface area contributed by atoms with Gasteiger partial charge in [0.15, 0.2) is 0 Å². The molecule has 0 amide bonds. The van der Waals surface area contributed by atoms with Crippen molar-refractivity contribution in [2.45, 2.75) is 0 Å². The third-order valence-electron chi connectivity index (χ3n) is 1.04. The Morgan fingerprint density at radius 3 is 1.63 bits per heavy atom. The minimum absolute atomic E-state index is 0.0465. The lowest BCUT2D eigenvalue weighted by Crippen LogP contribution is -2.04. The number of hydrogen-bond acceptors (Lipinski definition) is 6. The second kappa shape index (κ2) is 18.0. The van der Waals surface area contributed by atoms with Gasteiger partial charge in [-0.3, -0.25) is 0 Å². The molecule has 108 valence electrons. The molecule has 0 aliphatic rings. The highest BCUT2D eigenvalue weighted by Gasteiger charge is 1.90. The lowest BCUT2D eigenvalue weighted by Gasteiger charge is -1.94. The molecule has 19 heavy (non-hydrogen) atoms. The summed E-state index contributed by atoms with van der Waals surface area (Å²) in [6.07, 6.45) is 3.00. The molecule has 0 aliphatic heterocycles. The van der Waals surface area contributed by atoms with Gasteiger partial charge in [0.25, 0.3) is 0 Å². The van der Waals surface area contributed by atoms with E-state index in [4.69, 9.17) is 10.2 Å². The number of carboxylic acid groups (broad SMARTS) is 1. The van der Waals surface area contributed by atoms with Crippen LogP contribution in [0.1, 0.15) is 0 Å². The molecule has 0 rings (SSSR count). The van der Waals surface area contributed by atoms with Crippen molar-refractivity contribution in [1.29, 1.82) is 0 Å². The number of carbonyl (C=O) groups is 3. The first kappa shape index (κ1) is 21.8. The molecule has 2 N–H and O–H groups in total. The molecule has 7 heteroatoms. The average Bonchev–Trinajstić information content (AvgIpc) is 2.44. The van der Waals surface area contributed by atoms with E-state index < -0.39 is 17.9 Å². The number of methoxy groups -OCH3 is 1. The van der Waals surface area contributed by atoms with Gasteiger partial charge < -0.3 is 19.7 Å². The fourth-order valence-electron chi connectivity index (χ4n) is 0.288. The summed E-state index contributed by atoms with van der Waals surface area (Å²) in [6.45, 7) is 9.18. The number of aliphatic carboxylic acids is 1. The minimum Gasteiger partial charge on any atom is -0.478 e. The van der Waals surface area contributed by atoms with E-state index >= 15 is 0 Å². The Hall–Kier alpha value is -2.41. The van der Waals surface area contributed by atoms with Gasteiger partial charge in [-0.1, -0.05) is 19.7 Å². The van der Waals surface area contributed by atoms with Crippen LogP contribution in [0.4, 0.5) is 0 Å². The summed E-state index contributed by atoms with van der Waals surface area (Å²) >= 11 is 0. The molecule has 0 saturated carbocycles. The first-order valence-corrected chi connectivity index (χ1v) is 4.85. The largest absolute Gasteiger partial charge is 0.478 e. The van der Waals surface area contributed by atoms with Gasteiger partial charge in [0.1, 0.15) is 6.61 Å². The molecule has 0 unspecified atom stereocenters. The zero-order chi connectivity index (χ0) is 15.7. The van der Waals surface area contributed by atoms with Gasteiger partial charge in [-0.15, -0.1) is 0 Å². The SMILES string of the molecule is C=CC(=O)O.C=CC(=O)OC.C=CC(=O)OCCO. The van der Waals surface area contributed by atoms with Gasteiger partial charge in [-0.25, -0.2) is 14.4 Å². The van der Waals surface area contributed by atoms with E-state index in [1.807, 2.05) is 0 Å². The van der Waals surface area contributed by atoms with E-state index in [-0.39, 0.29) is 13.2 Å². The number of rotatable bonds is 5. The Balaban J connectivity index is -0.000000209. The highest BCUT2D eigenvalue weighted by atomic mass is 16.5. The molecule has 0 atom stereocenters. The summed E-state index contributed by atoms with van der Waals surface area (Å²) in [4.78, 5) is 29.2. The molecule has 0 radical (unpaired) electrons. The van der Waals surface area contributed by atoms with Crippen LogP contribution in [0, 0.1) is 0 Å². The Morgan fingerprint density at radius 1 is 1.05 bits per heavy atom. The fourth-order valence-corrected chi connectivity index (χ4v) is 0.288. The fraction of sp³-hybridized carbons (Fsp3) is 0.250. The van der Waals surface area contributed by atoms with Gasteiger partial charge in [0, 0.05) is 18.2 Å². The van der Waals surface area contributed by atoms with Crippen LogP contribution in [-0.2, 0) is 23.9 Å². The molecule has 0 aromatic heterocycles. The number of hydrogen-bond donors (Lipinski definition) is 2. The molecule has 0 spiro atoms. The summed E-state index contributed by atoms with van der Waals surface area (Å²) in [5.41, 5.74) is 0. The molecule has 0 saturated heterocycles. The second-order valence-corrected chi connectivity index (χ2v) is 2.36. The van der Waals surface area contributed by atoms with Crippen molar-refractivity contribution < 1.29 is 34.1 Å². The highest BCUT2D eigenvalue weighted by molar-refractivity contribution is 5.81. The van der Waals surface area contributed by atoms with Crippen molar-refractivity contribution in [2.24, 2.45) is 0 Å². The number of ether oxygens (including phenoxy) is 2. The zero-order valence-electron chi connectivity index (χ0n) is 10.7. The number of carbonyl (C=O) groups excluding carboxylic acids is 2. The molecule has 0 heterocycles.